The number of benzene rings is 1. The molecule has 0 radical (unpaired) electrons. The second-order valence-electron chi connectivity index (χ2n) is 7.49. The van der Waals surface area contributed by atoms with Gasteiger partial charge in [0.25, 0.3) is 21.8 Å². The number of hydrogen-bond acceptors (Lipinski definition) is 7. The third kappa shape index (κ3) is 4.14. The first-order valence-corrected chi connectivity index (χ1v) is 11.2. The molecule has 1 unspecified atom stereocenters. The number of amidine groups is 1. The standard InChI is InChI=1S/C21H20N6O4S/c1-14-10-11-22-20(23-14)26-32(30,31)16-8-6-15(7-9-16)24-19(29)21(2)13-18(28)25-17-5-3-4-12-27(17)21/h3-12H,13H2,1-2H3,(H,24,29)(H,22,23,26). The summed E-state index contributed by atoms with van der Waals surface area (Å²) in [6.07, 6.45) is 8.21. The number of aryl methyl sites for hydroxylation is 1. The van der Waals surface area contributed by atoms with Gasteiger partial charge in [-0.1, -0.05) is 6.08 Å². The van der Waals surface area contributed by atoms with Gasteiger partial charge in [-0.2, -0.15) is 4.99 Å². The van der Waals surface area contributed by atoms with Gasteiger partial charge in [-0.05, 0) is 56.3 Å². The topological polar surface area (TPSA) is 134 Å². The number of allylic oxidation sites excluding steroid dienone is 2. The van der Waals surface area contributed by atoms with E-state index < -0.39 is 21.5 Å². The Morgan fingerprint density at radius 1 is 1.16 bits per heavy atom. The van der Waals surface area contributed by atoms with Crippen molar-refractivity contribution in [2.45, 2.75) is 30.7 Å². The number of hydrogen-bond donors (Lipinski definition) is 2. The molecule has 0 bridgehead atoms. The predicted octanol–water partition coefficient (Wildman–Crippen LogP) is 2.00. The smallest absolute Gasteiger partial charge is 0.264 e. The third-order valence-electron chi connectivity index (χ3n) is 5.04. The van der Waals surface area contributed by atoms with Crippen LogP contribution in [0.4, 0.5) is 11.6 Å². The van der Waals surface area contributed by atoms with E-state index in [0.717, 1.165) is 0 Å². The van der Waals surface area contributed by atoms with Crippen LogP contribution >= 0.6 is 0 Å². The second-order valence-corrected chi connectivity index (χ2v) is 9.17. The molecule has 4 rings (SSSR count). The van der Waals surface area contributed by atoms with Crippen molar-refractivity contribution in [2.24, 2.45) is 4.99 Å². The summed E-state index contributed by atoms with van der Waals surface area (Å²) in [6.45, 7) is 3.38. The number of aliphatic imine (C=N–C) groups is 1. The molecule has 1 atom stereocenters. The van der Waals surface area contributed by atoms with Crippen LogP contribution in [0.25, 0.3) is 0 Å². The number of rotatable bonds is 5. The van der Waals surface area contributed by atoms with Crippen molar-refractivity contribution in [1.82, 2.24) is 14.9 Å². The number of nitrogens with one attached hydrogen (secondary N) is 2. The van der Waals surface area contributed by atoms with Gasteiger partial charge in [-0.3, -0.25) is 9.59 Å². The summed E-state index contributed by atoms with van der Waals surface area (Å²) in [5.74, 6) is -0.439. The lowest BCUT2D eigenvalue weighted by atomic mass is 9.91. The maximum atomic E-state index is 13.1. The SMILES string of the molecule is Cc1ccnc(NS(=O)(=O)c2ccc(NC(=O)C3(C)CC(=O)N=C4C=CC=CN43)cc2)n1. The highest BCUT2D eigenvalue weighted by Gasteiger charge is 2.45. The van der Waals surface area contributed by atoms with Crippen LogP contribution < -0.4 is 10.0 Å². The molecule has 0 spiro atoms. The number of amides is 2. The minimum Gasteiger partial charge on any atom is -0.324 e. The summed E-state index contributed by atoms with van der Waals surface area (Å²) in [6, 6.07) is 7.31. The van der Waals surface area contributed by atoms with Gasteiger partial charge < -0.3 is 10.2 Å². The molecular formula is C21H20N6O4S. The molecule has 0 fully saturated rings. The van der Waals surface area contributed by atoms with E-state index in [1.807, 2.05) is 0 Å². The van der Waals surface area contributed by atoms with Crippen molar-refractivity contribution in [3.05, 3.63) is 66.7 Å². The summed E-state index contributed by atoms with van der Waals surface area (Å²) in [4.78, 5) is 38.7. The van der Waals surface area contributed by atoms with Crippen LogP contribution in [0.2, 0.25) is 0 Å². The average molecular weight is 452 g/mol. The largest absolute Gasteiger partial charge is 0.324 e. The summed E-state index contributed by atoms with van der Waals surface area (Å²) >= 11 is 0. The first-order valence-electron chi connectivity index (χ1n) is 9.67. The summed E-state index contributed by atoms with van der Waals surface area (Å²) in [5.41, 5.74) is -0.169. The fourth-order valence-corrected chi connectivity index (χ4v) is 4.29. The molecule has 2 aliphatic rings. The van der Waals surface area contributed by atoms with Crippen molar-refractivity contribution in [3.63, 3.8) is 0 Å². The van der Waals surface area contributed by atoms with Crippen LogP contribution in [-0.4, -0.2) is 46.5 Å². The molecule has 0 aliphatic carbocycles. The van der Waals surface area contributed by atoms with E-state index in [-0.39, 0.29) is 23.2 Å². The van der Waals surface area contributed by atoms with Gasteiger partial charge in [0.2, 0.25) is 5.95 Å². The first-order chi connectivity index (χ1) is 15.2. The normalized spacial score (nSPS) is 19.9. The van der Waals surface area contributed by atoms with Crippen LogP contribution in [0.3, 0.4) is 0 Å². The molecule has 164 valence electrons. The number of carbonyl (C=O) groups is 2. The molecule has 2 aromatic rings. The lowest BCUT2D eigenvalue weighted by Crippen LogP contribution is -2.58. The Bertz CT molecular complexity index is 1280. The third-order valence-corrected chi connectivity index (χ3v) is 6.38. The average Bonchev–Trinajstić information content (AvgIpc) is 2.73. The zero-order valence-corrected chi connectivity index (χ0v) is 18.1. The summed E-state index contributed by atoms with van der Waals surface area (Å²) in [7, 11) is -3.90. The highest BCUT2D eigenvalue weighted by Crippen LogP contribution is 2.29. The molecule has 3 heterocycles. The van der Waals surface area contributed by atoms with Gasteiger partial charge in [-0.25, -0.2) is 23.1 Å². The number of sulfonamides is 1. The van der Waals surface area contributed by atoms with Gasteiger partial charge >= 0.3 is 0 Å². The Morgan fingerprint density at radius 3 is 2.62 bits per heavy atom. The van der Waals surface area contributed by atoms with E-state index in [2.05, 4.69) is 25.0 Å². The quantitative estimate of drug-likeness (QED) is 0.709. The van der Waals surface area contributed by atoms with Crippen LogP contribution in [-0.2, 0) is 19.6 Å². The fourth-order valence-electron chi connectivity index (χ4n) is 3.34. The van der Waals surface area contributed by atoms with Crippen LogP contribution in [0.15, 0.2) is 70.8 Å². The van der Waals surface area contributed by atoms with E-state index in [0.29, 0.717) is 17.2 Å². The molecule has 32 heavy (non-hydrogen) atoms. The van der Waals surface area contributed by atoms with Crippen molar-refractivity contribution >= 4 is 39.3 Å². The fraction of sp³-hybridized carbons (Fsp3) is 0.190. The molecule has 10 nitrogen and oxygen atoms in total. The number of nitrogens with zero attached hydrogens (tertiary/aromatic N) is 4. The minimum absolute atomic E-state index is 0.0156. The Balaban J connectivity index is 1.50. The molecule has 1 aromatic heterocycles. The van der Waals surface area contributed by atoms with Crippen LogP contribution in [0.1, 0.15) is 19.0 Å². The van der Waals surface area contributed by atoms with E-state index in [4.69, 9.17) is 0 Å². The summed E-state index contributed by atoms with van der Waals surface area (Å²) in [5, 5.41) is 2.76. The van der Waals surface area contributed by atoms with E-state index in [1.54, 1.807) is 49.2 Å². The van der Waals surface area contributed by atoms with E-state index in [9.17, 15) is 18.0 Å². The van der Waals surface area contributed by atoms with Gasteiger partial charge in [0.15, 0.2) is 0 Å². The highest BCUT2D eigenvalue weighted by atomic mass is 32.2. The Morgan fingerprint density at radius 2 is 1.91 bits per heavy atom. The minimum atomic E-state index is -3.90. The summed E-state index contributed by atoms with van der Waals surface area (Å²) < 4.78 is 27.5. The van der Waals surface area contributed by atoms with Gasteiger partial charge in [-0.15, -0.1) is 0 Å². The van der Waals surface area contributed by atoms with Crippen molar-refractivity contribution < 1.29 is 18.0 Å². The monoisotopic (exact) mass is 452 g/mol. The maximum Gasteiger partial charge on any atom is 0.264 e. The molecule has 2 amide bonds. The van der Waals surface area contributed by atoms with Gasteiger partial charge in [0.1, 0.15) is 11.4 Å². The number of carbonyl (C=O) groups excluding carboxylic acids is 2. The van der Waals surface area contributed by atoms with Gasteiger partial charge in [0.05, 0.1) is 11.3 Å². The van der Waals surface area contributed by atoms with E-state index in [1.165, 1.54) is 30.5 Å². The first kappa shape index (κ1) is 21.4. The second kappa shape index (κ2) is 8.00. The molecule has 0 saturated heterocycles. The van der Waals surface area contributed by atoms with Crippen molar-refractivity contribution in [3.8, 4) is 0 Å². The Hall–Kier alpha value is -3.86. The predicted molar refractivity (Wildman–Crippen MR) is 118 cm³/mol. The number of aromatic nitrogens is 2. The Kier molecular flexibility index (Phi) is 5.35. The van der Waals surface area contributed by atoms with Crippen molar-refractivity contribution in [1.29, 1.82) is 0 Å². The molecule has 0 saturated carbocycles. The van der Waals surface area contributed by atoms with E-state index >= 15 is 0 Å². The zero-order valence-electron chi connectivity index (χ0n) is 17.3. The molecular weight excluding hydrogens is 432 g/mol. The van der Waals surface area contributed by atoms with Crippen LogP contribution in [0.5, 0.6) is 0 Å². The number of anilines is 2. The molecule has 1 aromatic carbocycles. The zero-order chi connectivity index (χ0) is 22.9. The van der Waals surface area contributed by atoms with Gasteiger partial charge in [0, 0.05) is 23.8 Å². The Labute approximate surface area is 184 Å². The molecule has 2 N–H and O–H groups in total. The van der Waals surface area contributed by atoms with Crippen LogP contribution in [0, 0.1) is 6.92 Å². The molecule has 2 aliphatic heterocycles. The maximum absolute atomic E-state index is 13.1. The van der Waals surface area contributed by atoms with Crippen molar-refractivity contribution in [2.75, 3.05) is 10.0 Å². The lowest BCUT2D eigenvalue weighted by Gasteiger charge is -2.41. The highest BCUT2D eigenvalue weighted by molar-refractivity contribution is 7.92. The number of fused-ring (bicyclic) bond motifs is 1. The molecule has 11 heteroatoms. The lowest BCUT2D eigenvalue weighted by molar-refractivity contribution is -0.130.